The zero-order valence-electron chi connectivity index (χ0n) is 15.0. The second kappa shape index (κ2) is 7.78. The highest BCUT2D eigenvalue weighted by Gasteiger charge is 2.13. The number of carbonyl (C=O) groups is 1. The van der Waals surface area contributed by atoms with E-state index in [-0.39, 0.29) is 12.8 Å². The number of anilines is 3. The molecular formula is C19H17N5O4. The number of benzene rings is 2. The molecule has 142 valence electrons. The minimum atomic E-state index is -0.390. The number of hydrogen-bond acceptors (Lipinski definition) is 9. The minimum absolute atomic E-state index is 0.248. The van der Waals surface area contributed by atoms with E-state index in [4.69, 9.17) is 9.47 Å². The highest BCUT2D eigenvalue weighted by atomic mass is 16.7. The van der Waals surface area contributed by atoms with Crippen LogP contribution in [0.4, 0.5) is 17.5 Å². The second-order valence-electron chi connectivity index (χ2n) is 5.90. The van der Waals surface area contributed by atoms with E-state index >= 15 is 0 Å². The largest absolute Gasteiger partial charge is 0.465 e. The van der Waals surface area contributed by atoms with Crippen LogP contribution in [-0.4, -0.2) is 35.1 Å². The zero-order chi connectivity index (χ0) is 19.3. The van der Waals surface area contributed by atoms with E-state index in [2.05, 4.69) is 30.6 Å². The van der Waals surface area contributed by atoms with Gasteiger partial charge < -0.3 is 24.8 Å². The van der Waals surface area contributed by atoms with Crippen LogP contribution in [0.3, 0.4) is 0 Å². The summed E-state index contributed by atoms with van der Waals surface area (Å²) in [4.78, 5) is 15.9. The summed E-state index contributed by atoms with van der Waals surface area (Å²) in [5.41, 5.74) is 2.21. The molecule has 0 saturated heterocycles. The van der Waals surface area contributed by atoms with Gasteiger partial charge in [-0.3, -0.25) is 0 Å². The Labute approximate surface area is 160 Å². The van der Waals surface area contributed by atoms with Crippen molar-refractivity contribution in [1.82, 2.24) is 15.2 Å². The summed E-state index contributed by atoms with van der Waals surface area (Å²) in [6.45, 7) is 0.792. The Morgan fingerprint density at radius 1 is 1.14 bits per heavy atom. The summed E-state index contributed by atoms with van der Waals surface area (Å²) < 4.78 is 15.4. The molecule has 2 N–H and O–H groups in total. The van der Waals surface area contributed by atoms with Crippen LogP contribution in [0, 0.1) is 0 Å². The van der Waals surface area contributed by atoms with E-state index in [0.717, 1.165) is 22.7 Å². The minimum Gasteiger partial charge on any atom is -0.465 e. The van der Waals surface area contributed by atoms with Gasteiger partial charge in [0, 0.05) is 12.2 Å². The molecule has 9 heteroatoms. The third-order valence-corrected chi connectivity index (χ3v) is 4.03. The van der Waals surface area contributed by atoms with Gasteiger partial charge in [0.2, 0.25) is 12.7 Å². The molecular weight excluding hydrogens is 362 g/mol. The lowest BCUT2D eigenvalue weighted by molar-refractivity contribution is 0.0601. The van der Waals surface area contributed by atoms with E-state index in [0.29, 0.717) is 23.9 Å². The van der Waals surface area contributed by atoms with Gasteiger partial charge in [-0.15, -0.1) is 5.10 Å². The molecule has 1 aliphatic rings. The highest BCUT2D eigenvalue weighted by molar-refractivity contribution is 5.89. The average Bonchev–Trinajstić information content (AvgIpc) is 3.20. The molecule has 0 atom stereocenters. The molecule has 9 nitrogen and oxygen atoms in total. The monoisotopic (exact) mass is 379 g/mol. The number of esters is 1. The second-order valence-corrected chi connectivity index (χ2v) is 5.90. The SMILES string of the molecule is COC(=O)c1ccc(Nc2nncc(NCc3ccc4c(c3)OCO4)n2)cc1. The van der Waals surface area contributed by atoms with Gasteiger partial charge in [-0.05, 0) is 42.0 Å². The topological polar surface area (TPSA) is 107 Å². The third kappa shape index (κ3) is 3.93. The van der Waals surface area contributed by atoms with Crippen LogP contribution in [0.1, 0.15) is 15.9 Å². The fourth-order valence-corrected chi connectivity index (χ4v) is 2.62. The van der Waals surface area contributed by atoms with Crippen molar-refractivity contribution in [3.8, 4) is 11.5 Å². The van der Waals surface area contributed by atoms with Gasteiger partial charge in [-0.1, -0.05) is 6.07 Å². The Kier molecular flexibility index (Phi) is 4.87. The van der Waals surface area contributed by atoms with Crippen molar-refractivity contribution in [1.29, 1.82) is 0 Å². The fourth-order valence-electron chi connectivity index (χ4n) is 2.62. The molecule has 0 bridgehead atoms. The van der Waals surface area contributed by atoms with E-state index in [9.17, 15) is 4.79 Å². The first-order valence-corrected chi connectivity index (χ1v) is 8.49. The maximum Gasteiger partial charge on any atom is 0.337 e. The van der Waals surface area contributed by atoms with E-state index in [1.165, 1.54) is 7.11 Å². The number of rotatable bonds is 6. The Morgan fingerprint density at radius 3 is 2.79 bits per heavy atom. The lowest BCUT2D eigenvalue weighted by Gasteiger charge is -2.08. The molecule has 0 aliphatic carbocycles. The van der Waals surface area contributed by atoms with Crippen LogP contribution < -0.4 is 20.1 Å². The lowest BCUT2D eigenvalue weighted by atomic mass is 10.2. The predicted molar refractivity (Wildman–Crippen MR) is 101 cm³/mol. The smallest absolute Gasteiger partial charge is 0.337 e. The Hall–Kier alpha value is -3.88. The average molecular weight is 379 g/mol. The summed E-state index contributed by atoms with van der Waals surface area (Å²) in [5.74, 6) is 2.00. The molecule has 0 amide bonds. The van der Waals surface area contributed by atoms with Crippen molar-refractivity contribution in [2.75, 3.05) is 24.5 Å². The zero-order valence-corrected chi connectivity index (χ0v) is 15.0. The number of fused-ring (bicyclic) bond motifs is 1. The van der Waals surface area contributed by atoms with Crippen molar-refractivity contribution >= 4 is 23.4 Å². The van der Waals surface area contributed by atoms with Crippen molar-refractivity contribution in [2.45, 2.75) is 6.54 Å². The summed E-state index contributed by atoms with van der Waals surface area (Å²) >= 11 is 0. The number of ether oxygens (including phenoxy) is 3. The quantitative estimate of drug-likeness (QED) is 0.625. The highest BCUT2D eigenvalue weighted by Crippen LogP contribution is 2.32. The van der Waals surface area contributed by atoms with Crippen LogP contribution in [-0.2, 0) is 11.3 Å². The molecule has 0 unspecified atom stereocenters. The number of methoxy groups -OCH3 is 1. The molecule has 0 spiro atoms. The molecule has 2 heterocycles. The summed E-state index contributed by atoms with van der Waals surface area (Å²) in [6, 6.07) is 12.5. The van der Waals surface area contributed by atoms with Gasteiger partial charge in [0.25, 0.3) is 0 Å². The molecule has 0 saturated carbocycles. The first kappa shape index (κ1) is 17.5. The molecule has 28 heavy (non-hydrogen) atoms. The van der Waals surface area contributed by atoms with Gasteiger partial charge in [-0.25, -0.2) is 4.79 Å². The maximum absolute atomic E-state index is 11.5. The molecule has 2 aromatic carbocycles. The number of nitrogens with zero attached hydrogens (tertiary/aromatic N) is 3. The van der Waals surface area contributed by atoms with Gasteiger partial charge in [0.05, 0.1) is 18.9 Å². The van der Waals surface area contributed by atoms with Gasteiger partial charge in [-0.2, -0.15) is 10.1 Å². The number of hydrogen-bond donors (Lipinski definition) is 2. The van der Waals surface area contributed by atoms with Crippen LogP contribution in [0.5, 0.6) is 11.5 Å². The molecule has 0 fully saturated rings. The van der Waals surface area contributed by atoms with Crippen molar-refractivity contribution in [3.63, 3.8) is 0 Å². The Bertz CT molecular complexity index is 994. The molecule has 0 radical (unpaired) electrons. The first-order chi connectivity index (χ1) is 13.7. The van der Waals surface area contributed by atoms with Crippen LogP contribution in [0.2, 0.25) is 0 Å². The van der Waals surface area contributed by atoms with E-state index in [1.807, 2.05) is 18.2 Å². The van der Waals surface area contributed by atoms with Gasteiger partial charge in [0.15, 0.2) is 17.3 Å². The standard InChI is InChI=1S/C19H17N5O4/c1-26-18(25)13-3-5-14(6-4-13)22-19-23-17(10-21-24-19)20-9-12-2-7-15-16(8-12)28-11-27-15/h2-8,10H,9,11H2,1H3,(H2,20,22,23,24). The Morgan fingerprint density at radius 2 is 1.96 bits per heavy atom. The molecule has 1 aromatic heterocycles. The Balaban J connectivity index is 1.39. The number of carbonyl (C=O) groups excluding carboxylic acids is 1. The number of nitrogens with one attached hydrogen (secondary N) is 2. The van der Waals surface area contributed by atoms with Crippen molar-refractivity contribution < 1.29 is 19.0 Å². The van der Waals surface area contributed by atoms with Gasteiger partial charge >= 0.3 is 5.97 Å². The van der Waals surface area contributed by atoms with Crippen molar-refractivity contribution in [3.05, 3.63) is 59.8 Å². The van der Waals surface area contributed by atoms with Crippen LogP contribution >= 0.6 is 0 Å². The van der Waals surface area contributed by atoms with Crippen LogP contribution in [0.25, 0.3) is 0 Å². The van der Waals surface area contributed by atoms with Gasteiger partial charge in [0.1, 0.15) is 0 Å². The molecule has 3 aromatic rings. The first-order valence-electron chi connectivity index (χ1n) is 8.49. The molecule has 4 rings (SSSR count). The normalized spacial score (nSPS) is 11.8. The summed E-state index contributed by atoms with van der Waals surface area (Å²) in [7, 11) is 1.34. The summed E-state index contributed by atoms with van der Waals surface area (Å²) in [5, 5.41) is 14.2. The number of aromatic nitrogens is 3. The lowest BCUT2D eigenvalue weighted by Crippen LogP contribution is -2.06. The van der Waals surface area contributed by atoms with Crippen LogP contribution in [0.15, 0.2) is 48.7 Å². The van der Waals surface area contributed by atoms with Crippen molar-refractivity contribution in [2.24, 2.45) is 0 Å². The molecule has 1 aliphatic heterocycles. The van der Waals surface area contributed by atoms with E-state index < -0.39 is 0 Å². The third-order valence-electron chi connectivity index (χ3n) is 4.03. The van der Waals surface area contributed by atoms with E-state index in [1.54, 1.807) is 30.5 Å². The summed E-state index contributed by atoms with van der Waals surface area (Å²) in [6.07, 6.45) is 1.54. The maximum atomic E-state index is 11.5. The predicted octanol–water partition coefficient (Wildman–Crippen LogP) is 2.74. The fraction of sp³-hybridized carbons (Fsp3) is 0.158.